The third-order valence-corrected chi connectivity index (χ3v) is 3.49. The fourth-order valence-corrected chi connectivity index (χ4v) is 2.24. The number of hydrogen-bond acceptors (Lipinski definition) is 3. The minimum Gasteiger partial charge on any atom is -0.273 e. The van der Waals surface area contributed by atoms with Crippen molar-refractivity contribution in [2.45, 2.75) is 51.9 Å². The van der Waals surface area contributed by atoms with E-state index in [1.165, 1.54) is 25.7 Å². The molecule has 1 N–H and O–H groups in total. The molecule has 18 heavy (non-hydrogen) atoms. The van der Waals surface area contributed by atoms with Crippen molar-refractivity contribution in [1.82, 2.24) is 5.43 Å². The summed E-state index contributed by atoms with van der Waals surface area (Å²) in [6.45, 7) is 2.21. The van der Waals surface area contributed by atoms with Gasteiger partial charge >= 0.3 is 0 Å². The lowest BCUT2D eigenvalue weighted by Gasteiger charge is -2.00. The minimum absolute atomic E-state index is 0.0123. The Bertz CT molecular complexity index is 347. The van der Waals surface area contributed by atoms with Gasteiger partial charge in [-0.1, -0.05) is 45.1 Å². The van der Waals surface area contributed by atoms with Crippen molar-refractivity contribution in [2.75, 3.05) is 0 Å². The fraction of sp³-hybridized carbons (Fsp3) is 0.571. The fourth-order valence-electron chi connectivity index (χ4n) is 1.65. The van der Waals surface area contributed by atoms with E-state index in [1.807, 2.05) is 17.5 Å². The molecule has 1 aromatic rings. The lowest BCUT2D eigenvalue weighted by atomic mass is 10.1. The van der Waals surface area contributed by atoms with Crippen molar-refractivity contribution in [3.8, 4) is 0 Å². The number of hydrogen-bond donors (Lipinski definition) is 1. The first-order valence-corrected chi connectivity index (χ1v) is 7.56. The van der Waals surface area contributed by atoms with Gasteiger partial charge in [0.05, 0.1) is 6.21 Å². The number of carbonyl (C=O) groups is 1. The molecule has 4 heteroatoms. The number of hydrazone groups is 1. The maximum atomic E-state index is 11.4. The van der Waals surface area contributed by atoms with Crippen molar-refractivity contribution in [1.29, 1.82) is 0 Å². The molecule has 0 fully saturated rings. The molecule has 0 spiro atoms. The zero-order chi connectivity index (χ0) is 13.1. The van der Waals surface area contributed by atoms with E-state index in [9.17, 15) is 4.79 Å². The Morgan fingerprint density at radius 1 is 1.33 bits per heavy atom. The summed E-state index contributed by atoms with van der Waals surface area (Å²) in [7, 11) is 0. The Morgan fingerprint density at radius 3 is 2.83 bits per heavy atom. The highest BCUT2D eigenvalue weighted by Crippen LogP contribution is 2.07. The molecule has 0 radical (unpaired) electrons. The van der Waals surface area contributed by atoms with Crippen LogP contribution in [0.15, 0.2) is 22.6 Å². The molecule has 0 unspecified atom stereocenters. The molecule has 0 saturated heterocycles. The van der Waals surface area contributed by atoms with E-state index in [-0.39, 0.29) is 5.91 Å². The van der Waals surface area contributed by atoms with Crippen molar-refractivity contribution in [3.05, 3.63) is 22.4 Å². The first kappa shape index (κ1) is 14.9. The number of thiophene rings is 1. The molecular formula is C14H22N2OS. The van der Waals surface area contributed by atoms with Crippen LogP contribution in [-0.2, 0) is 4.79 Å². The smallest absolute Gasteiger partial charge is 0.240 e. The van der Waals surface area contributed by atoms with Gasteiger partial charge in [0.2, 0.25) is 5.91 Å². The molecule has 3 nitrogen and oxygen atoms in total. The van der Waals surface area contributed by atoms with Gasteiger partial charge in [-0.2, -0.15) is 5.10 Å². The molecule has 0 aliphatic carbocycles. The van der Waals surface area contributed by atoms with Crippen LogP contribution < -0.4 is 5.43 Å². The predicted molar refractivity (Wildman–Crippen MR) is 78.0 cm³/mol. The van der Waals surface area contributed by atoms with Crippen LogP contribution in [0.3, 0.4) is 0 Å². The second-order valence-corrected chi connectivity index (χ2v) is 5.31. The van der Waals surface area contributed by atoms with Crippen molar-refractivity contribution >= 4 is 23.5 Å². The van der Waals surface area contributed by atoms with Crippen LogP contribution in [0, 0.1) is 0 Å². The summed E-state index contributed by atoms with van der Waals surface area (Å²) in [5, 5.41) is 5.91. The van der Waals surface area contributed by atoms with Gasteiger partial charge < -0.3 is 0 Å². The molecule has 1 amide bonds. The second kappa shape index (κ2) is 9.83. The third kappa shape index (κ3) is 7.22. The van der Waals surface area contributed by atoms with Gasteiger partial charge in [-0.15, -0.1) is 11.3 Å². The normalized spacial score (nSPS) is 10.9. The van der Waals surface area contributed by atoms with Crippen LogP contribution in [0.1, 0.15) is 56.7 Å². The maximum Gasteiger partial charge on any atom is 0.240 e. The zero-order valence-electron chi connectivity index (χ0n) is 11.0. The summed E-state index contributed by atoms with van der Waals surface area (Å²) in [6, 6.07) is 3.93. The predicted octanol–water partition coefficient (Wildman–Crippen LogP) is 3.95. The highest BCUT2D eigenvalue weighted by Gasteiger charge is 1.98. The summed E-state index contributed by atoms with van der Waals surface area (Å²) in [6.07, 6.45) is 9.45. The van der Waals surface area contributed by atoms with Crippen molar-refractivity contribution in [2.24, 2.45) is 5.10 Å². The molecule has 0 aromatic carbocycles. The van der Waals surface area contributed by atoms with Crippen LogP contribution in [0.2, 0.25) is 0 Å². The number of unbranched alkanes of at least 4 members (excludes halogenated alkanes) is 5. The first-order chi connectivity index (χ1) is 8.83. The standard InChI is InChI=1S/C14H22N2OS/c1-2-3-4-5-6-7-10-14(17)16-15-12-13-9-8-11-18-13/h8-9,11-12H,2-7,10H2,1H3,(H,16,17)/b15-12+. The van der Waals surface area contributed by atoms with E-state index < -0.39 is 0 Å². The Labute approximate surface area is 113 Å². The molecule has 1 heterocycles. The van der Waals surface area contributed by atoms with Crippen molar-refractivity contribution < 1.29 is 4.79 Å². The van der Waals surface area contributed by atoms with Crippen LogP contribution in [0.5, 0.6) is 0 Å². The lowest BCUT2D eigenvalue weighted by molar-refractivity contribution is -0.121. The molecule has 0 saturated carbocycles. The topological polar surface area (TPSA) is 41.5 Å². The summed E-state index contributed by atoms with van der Waals surface area (Å²) in [5.74, 6) is 0.0123. The Balaban J connectivity index is 2.00. The molecule has 1 rings (SSSR count). The maximum absolute atomic E-state index is 11.4. The zero-order valence-corrected chi connectivity index (χ0v) is 11.8. The Hall–Kier alpha value is -1.16. The largest absolute Gasteiger partial charge is 0.273 e. The molecule has 100 valence electrons. The molecule has 0 aliphatic rings. The number of nitrogens with zero attached hydrogens (tertiary/aromatic N) is 1. The Morgan fingerprint density at radius 2 is 2.11 bits per heavy atom. The lowest BCUT2D eigenvalue weighted by Crippen LogP contribution is -2.16. The van der Waals surface area contributed by atoms with Crippen LogP contribution in [0.25, 0.3) is 0 Å². The SMILES string of the molecule is CCCCCCCCC(=O)N/N=C/c1cccs1. The van der Waals surface area contributed by atoms with Gasteiger partial charge in [-0.05, 0) is 17.9 Å². The van der Waals surface area contributed by atoms with Crippen LogP contribution >= 0.6 is 11.3 Å². The third-order valence-electron chi connectivity index (χ3n) is 2.68. The van der Waals surface area contributed by atoms with E-state index in [2.05, 4.69) is 17.5 Å². The van der Waals surface area contributed by atoms with E-state index in [4.69, 9.17) is 0 Å². The highest BCUT2D eigenvalue weighted by molar-refractivity contribution is 7.11. The monoisotopic (exact) mass is 266 g/mol. The summed E-state index contributed by atoms with van der Waals surface area (Å²) < 4.78 is 0. The summed E-state index contributed by atoms with van der Waals surface area (Å²) >= 11 is 1.60. The van der Waals surface area contributed by atoms with Crippen molar-refractivity contribution in [3.63, 3.8) is 0 Å². The van der Waals surface area contributed by atoms with Gasteiger partial charge in [0.25, 0.3) is 0 Å². The van der Waals surface area contributed by atoms with Crippen LogP contribution in [-0.4, -0.2) is 12.1 Å². The average Bonchev–Trinajstić information content (AvgIpc) is 2.87. The van der Waals surface area contributed by atoms with Crippen LogP contribution in [0.4, 0.5) is 0 Å². The van der Waals surface area contributed by atoms with E-state index >= 15 is 0 Å². The van der Waals surface area contributed by atoms with Gasteiger partial charge in [-0.25, -0.2) is 5.43 Å². The molecular weight excluding hydrogens is 244 g/mol. The van der Waals surface area contributed by atoms with E-state index in [1.54, 1.807) is 17.6 Å². The van der Waals surface area contributed by atoms with Gasteiger partial charge in [0.1, 0.15) is 0 Å². The summed E-state index contributed by atoms with van der Waals surface area (Å²) in [5.41, 5.74) is 2.56. The number of nitrogens with one attached hydrogen (secondary N) is 1. The minimum atomic E-state index is 0.0123. The molecule has 0 bridgehead atoms. The average molecular weight is 266 g/mol. The van der Waals surface area contributed by atoms with E-state index in [0.29, 0.717) is 6.42 Å². The number of carbonyl (C=O) groups excluding carboxylic acids is 1. The molecule has 0 aliphatic heterocycles. The highest BCUT2D eigenvalue weighted by atomic mass is 32.1. The second-order valence-electron chi connectivity index (χ2n) is 4.33. The number of amides is 1. The summed E-state index contributed by atoms with van der Waals surface area (Å²) in [4.78, 5) is 12.5. The van der Waals surface area contributed by atoms with E-state index in [0.717, 1.165) is 17.7 Å². The first-order valence-electron chi connectivity index (χ1n) is 6.68. The molecule has 1 aromatic heterocycles. The van der Waals surface area contributed by atoms with Gasteiger partial charge in [0, 0.05) is 11.3 Å². The Kier molecular flexibility index (Phi) is 8.13. The number of rotatable bonds is 9. The van der Waals surface area contributed by atoms with Gasteiger partial charge in [0.15, 0.2) is 0 Å². The quantitative estimate of drug-likeness (QED) is 0.410. The molecule has 0 atom stereocenters. The van der Waals surface area contributed by atoms with Gasteiger partial charge in [-0.3, -0.25) is 4.79 Å².